The third kappa shape index (κ3) is 4.74. The lowest BCUT2D eigenvalue weighted by atomic mass is 9.97. The summed E-state index contributed by atoms with van der Waals surface area (Å²) >= 11 is 0. The molecule has 1 unspecified atom stereocenters. The van der Waals surface area contributed by atoms with Crippen molar-refractivity contribution in [1.82, 2.24) is 9.55 Å². The van der Waals surface area contributed by atoms with Crippen LogP contribution < -0.4 is 4.74 Å². The Morgan fingerprint density at radius 1 is 1.03 bits per heavy atom. The lowest BCUT2D eigenvalue weighted by Gasteiger charge is -2.21. The Morgan fingerprint density at radius 2 is 1.74 bits per heavy atom. The molecule has 0 aliphatic heterocycles. The molecule has 0 bridgehead atoms. The average Bonchev–Trinajstić information content (AvgIpc) is 3.31. The Balaban J connectivity index is 1.55. The van der Waals surface area contributed by atoms with Gasteiger partial charge in [-0.3, -0.25) is 4.79 Å². The first-order valence-corrected chi connectivity index (χ1v) is 10.0. The second kappa shape index (κ2) is 9.00. The normalized spacial score (nSPS) is 13.0. The number of benzene rings is 3. The number of rotatable bonds is 7. The molecule has 1 heterocycles. The van der Waals surface area contributed by atoms with Crippen LogP contribution in [0, 0.1) is 5.82 Å². The van der Waals surface area contributed by atoms with Crippen molar-refractivity contribution in [3.05, 3.63) is 96.3 Å². The molecule has 158 valence electrons. The highest BCUT2D eigenvalue weighted by Crippen LogP contribution is 2.28. The van der Waals surface area contributed by atoms with Gasteiger partial charge in [-0.1, -0.05) is 36.4 Å². The van der Waals surface area contributed by atoms with E-state index in [0.717, 1.165) is 27.6 Å². The molecule has 0 saturated carbocycles. The minimum absolute atomic E-state index is 0.336. The van der Waals surface area contributed by atoms with E-state index in [1.807, 2.05) is 47.9 Å². The largest absolute Gasteiger partial charge is 0.497 e. The van der Waals surface area contributed by atoms with E-state index >= 15 is 0 Å². The Labute approximate surface area is 180 Å². The molecule has 0 amide bonds. The van der Waals surface area contributed by atoms with Gasteiger partial charge in [0.05, 0.1) is 25.9 Å². The molecule has 0 aliphatic carbocycles. The smallest absolute Gasteiger partial charge is 0.313 e. The molecule has 5 nitrogen and oxygen atoms in total. The van der Waals surface area contributed by atoms with Gasteiger partial charge in [0, 0.05) is 12.4 Å². The first kappa shape index (κ1) is 20.6. The SMILES string of the molecule is COc1ccc2cc([C@H](C)C(=O)OC(Cn3ccnc3)c3ccc(F)cc3)ccc2c1. The molecule has 0 fully saturated rings. The van der Waals surface area contributed by atoms with Crippen LogP contribution in [0.1, 0.15) is 30.1 Å². The summed E-state index contributed by atoms with van der Waals surface area (Å²) in [5, 5.41) is 2.06. The predicted molar refractivity (Wildman–Crippen MR) is 116 cm³/mol. The molecule has 0 aliphatic rings. The Kier molecular flexibility index (Phi) is 5.98. The maximum atomic E-state index is 13.4. The monoisotopic (exact) mass is 418 g/mol. The van der Waals surface area contributed by atoms with Crippen molar-refractivity contribution in [2.75, 3.05) is 7.11 Å². The van der Waals surface area contributed by atoms with Crippen molar-refractivity contribution in [2.24, 2.45) is 0 Å². The molecule has 4 rings (SSSR count). The minimum atomic E-state index is -0.561. The molecule has 2 atom stereocenters. The molecule has 31 heavy (non-hydrogen) atoms. The van der Waals surface area contributed by atoms with E-state index in [9.17, 15) is 9.18 Å². The summed E-state index contributed by atoms with van der Waals surface area (Å²) in [4.78, 5) is 17.1. The number of methoxy groups -OCH3 is 1. The summed E-state index contributed by atoms with van der Waals surface area (Å²) in [6.07, 6.45) is 4.56. The van der Waals surface area contributed by atoms with E-state index in [-0.39, 0.29) is 11.8 Å². The first-order valence-electron chi connectivity index (χ1n) is 10.0. The van der Waals surface area contributed by atoms with Crippen molar-refractivity contribution >= 4 is 16.7 Å². The molecule has 3 aromatic carbocycles. The second-order valence-corrected chi connectivity index (χ2v) is 7.43. The second-order valence-electron chi connectivity index (χ2n) is 7.43. The van der Waals surface area contributed by atoms with Gasteiger partial charge in [0.25, 0.3) is 0 Å². The molecule has 6 heteroatoms. The van der Waals surface area contributed by atoms with Gasteiger partial charge in [-0.2, -0.15) is 0 Å². The summed E-state index contributed by atoms with van der Waals surface area (Å²) < 4.78 is 26.4. The van der Waals surface area contributed by atoms with Gasteiger partial charge in [0.2, 0.25) is 0 Å². The van der Waals surface area contributed by atoms with Crippen LogP contribution >= 0.6 is 0 Å². The molecular weight excluding hydrogens is 395 g/mol. The summed E-state index contributed by atoms with van der Waals surface area (Å²) in [6, 6.07) is 17.7. The summed E-state index contributed by atoms with van der Waals surface area (Å²) in [5.74, 6) is -0.355. The third-order valence-electron chi connectivity index (χ3n) is 5.36. The van der Waals surface area contributed by atoms with E-state index in [4.69, 9.17) is 9.47 Å². The summed E-state index contributed by atoms with van der Waals surface area (Å²) in [7, 11) is 1.63. The number of fused-ring (bicyclic) bond motifs is 1. The number of hydrogen-bond donors (Lipinski definition) is 0. The zero-order chi connectivity index (χ0) is 21.8. The maximum absolute atomic E-state index is 13.4. The zero-order valence-corrected chi connectivity index (χ0v) is 17.4. The molecule has 0 saturated heterocycles. The van der Waals surface area contributed by atoms with E-state index in [1.54, 1.807) is 38.0 Å². The van der Waals surface area contributed by atoms with Gasteiger partial charge in [-0.15, -0.1) is 0 Å². The van der Waals surface area contributed by atoms with Crippen LogP contribution in [0.25, 0.3) is 10.8 Å². The fourth-order valence-electron chi connectivity index (χ4n) is 3.49. The van der Waals surface area contributed by atoms with E-state index in [1.165, 1.54) is 12.1 Å². The van der Waals surface area contributed by atoms with E-state index in [2.05, 4.69) is 4.98 Å². The lowest BCUT2D eigenvalue weighted by Crippen LogP contribution is -2.20. The van der Waals surface area contributed by atoms with Gasteiger partial charge >= 0.3 is 5.97 Å². The molecular formula is C25H23FN2O3. The van der Waals surface area contributed by atoms with Crippen LogP contribution in [0.2, 0.25) is 0 Å². The van der Waals surface area contributed by atoms with Gasteiger partial charge in [0.15, 0.2) is 0 Å². The number of imidazole rings is 1. The molecule has 0 radical (unpaired) electrons. The molecule has 0 spiro atoms. The van der Waals surface area contributed by atoms with Crippen molar-refractivity contribution in [2.45, 2.75) is 25.5 Å². The van der Waals surface area contributed by atoms with Crippen LogP contribution in [0.4, 0.5) is 4.39 Å². The number of hydrogen-bond acceptors (Lipinski definition) is 4. The number of halogens is 1. The number of aromatic nitrogens is 2. The van der Waals surface area contributed by atoms with Crippen LogP contribution in [0.15, 0.2) is 79.4 Å². The minimum Gasteiger partial charge on any atom is -0.497 e. The fraction of sp³-hybridized carbons (Fsp3) is 0.200. The third-order valence-corrected chi connectivity index (χ3v) is 5.36. The van der Waals surface area contributed by atoms with Crippen molar-refractivity contribution in [3.8, 4) is 5.75 Å². The highest BCUT2D eigenvalue weighted by molar-refractivity contribution is 5.86. The number of nitrogens with zero attached hydrogens (tertiary/aromatic N) is 2. The van der Waals surface area contributed by atoms with Gasteiger partial charge in [-0.05, 0) is 53.1 Å². The average molecular weight is 418 g/mol. The number of esters is 1. The quantitative estimate of drug-likeness (QED) is 0.384. The van der Waals surface area contributed by atoms with Crippen LogP contribution in [0.5, 0.6) is 5.75 Å². The molecule has 0 N–H and O–H groups in total. The molecule has 4 aromatic rings. The first-order chi connectivity index (χ1) is 15.0. The lowest BCUT2D eigenvalue weighted by molar-refractivity contribution is -0.151. The Morgan fingerprint density at radius 3 is 2.45 bits per heavy atom. The Hall–Kier alpha value is -3.67. The van der Waals surface area contributed by atoms with Crippen molar-refractivity contribution < 1.29 is 18.7 Å². The van der Waals surface area contributed by atoms with Crippen LogP contribution in [0.3, 0.4) is 0 Å². The topological polar surface area (TPSA) is 53.4 Å². The number of carbonyl (C=O) groups is 1. The summed E-state index contributed by atoms with van der Waals surface area (Å²) in [6.45, 7) is 2.22. The van der Waals surface area contributed by atoms with E-state index in [0.29, 0.717) is 6.54 Å². The highest BCUT2D eigenvalue weighted by atomic mass is 19.1. The van der Waals surface area contributed by atoms with Crippen molar-refractivity contribution in [3.63, 3.8) is 0 Å². The van der Waals surface area contributed by atoms with Crippen LogP contribution in [-0.4, -0.2) is 22.6 Å². The van der Waals surface area contributed by atoms with Gasteiger partial charge < -0.3 is 14.0 Å². The zero-order valence-electron chi connectivity index (χ0n) is 17.4. The van der Waals surface area contributed by atoms with Gasteiger partial charge in [0.1, 0.15) is 17.7 Å². The molecule has 1 aromatic heterocycles. The Bertz CT molecular complexity index is 1170. The standard InChI is InChI=1S/C25H23FN2O3/c1-17(19-3-4-21-14-23(30-2)10-7-20(21)13-19)25(29)31-24(15-28-12-11-27-16-28)18-5-8-22(26)9-6-18/h3-14,16-17,24H,15H2,1-2H3/t17-,24?/m0/s1. The van der Waals surface area contributed by atoms with Gasteiger partial charge in [-0.25, -0.2) is 9.37 Å². The maximum Gasteiger partial charge on any atom is 0.313 e. The fourth-order valence-corrected chi connectivity index (χ4v) is 3.49. The van der Waals surface area contributed by atoms with Crippen LogP contribution in [-0.2, 0) is 16.1 Å². The predicted octanol–water partition coefficient (Wildman–Crippen LogP) is 5.27. The highest BCUT2D eigenvalue weighted by Gasteiger charge is 2.23. The number of carbonyl (C=O) groups excluding carboxylic acids is 1. The van der Waals surface area contributed by atoms with E-state index < -0.39 is 12.0 Å². The summed E-state index contributed by atoms with van der Waals surface area (Å²) in [5.41, 5.74) is 1.59. The number of ether oxygens (including phenoxy) is 2. The van der Waals surface area contributed by atoms with Crippen molar-refractivity contribution in [1.29, 1.82) is 0 Å².